The van der Waals surface area contributed by atoms with Crippen LogP contribution in [0.25, 0.3) is 5.70 Å². The number of hydrazine groups is 1. The van der Waals surface area contributed by atoms with Crippen LogP contribution < -0.4 is 22.2 Å². The van der Waals surface area contributed by atoms with Gasteiger partial charge in [0.05, 0.1) is 24.2 Å². The van der Waals surface area contributed by atoms with Gasteiger partial charge in [-0.3, -0.25) is 20.1 Å². The van der Waals surface area contributed by atoms with Gasteiger partial charge in [0, 0.05) is 31.5 Å². The largest absolute Gasteiger partial charge is 0.441 e. The second-order valence-corrected chi connectivity index (χ2v) is 7.93. The lowest BCUT2D eigenvalue weighted by Gasteiger charge is -2.21. The van der Waals surface area contributed by atoms with Gasteiger partial charge in [0.2, 0.25) is 5.91 Å². The van der Waals surface area contributed by atoms with Gasteiger partial charge in [-0.05, 0) is 43.6 Å². The van der Waals surface area contributed by atoms with Crippen molar-refractivity contribution < 1.29 is 18.5 Å². The van der Waals surface area contributed by atoms with Crippen molar-refractivity contribution in [2.45, 2.75) is 25.9 Å². The third-order valence-electron chi connectivity index (χ3n) is 4.41. The Kier molecular flexibility index (Phi) is 10.9. The number of carbonyl (C=O) groups excluding carboxylic acids is 2. The summed E-state index contributed by atoms with van der Waals surface area (Å²) in [5.74, 6) is 5.77. The second kappa shape index (κ2) is 13.6. The number of nitrogens with one attached hydrogen (secondary N) is 2. The fraction of sp³-hybridized carbons (Fsp3) is 0.333. The molecule has 11 nitrogen and oxygen atoms in total. The van der Waals surface area contributed by atoms with Gasteiger partial charge >= 0.3 is 6.09 Å². The van der Waals surface area contributed by atoms with Gasteiger partial charge in [0.25, 0.3) is 0 Å². The summed E-state index contributed by atoms with van der Waals surface area (Å²) in [6, 6.07) is 6.63. The molecular formula is C21H28ClN7O4S. The van der Waals surface area contributed by atoms with Crippen LogP contribution in [0.5, 0.6) is 0 Å². The fourth-order valence-electron chi connectivity index (χ4n) is 2.74. The molecule has 0 saturated heterocycles. The van der Waals surface area contributed by atoms with E-state index in [1.54, 1.807) is 31.2 Å². The Morgan fingerprint density at radius 1 is 1.29 bits per heavy atom. The molecule has 0 aliphatic rings. The van der Waals surface area contributed by atoms with Crippen LogP contribution in [0.2, 0.25) is 5.15 Å². The smallest absolute Gasteiger partial charge is 0.413 e. The Hall–Kier alpha value is -3.06. The zero-order valence-corrected chi connectivity index (χ0v) is 20.7. The fourth-order valence-corrected chi connectivity index (χ4v) is 3.30. The number of rotatable bonds is 11. The van der Waals surface area contributed by atoms with Gasteiger partial charge in [-0.15, -0.1) is 0 Å². The number of pyridine rings is 2. The molecule has 13 heteroatoms. The van der Waals surface area contributed by atoms with Crippen molar-refractivity contribution in [3.63, 3.8) is 0 Å². The molecule has 2 rings (SSSR count). The molecule has 184 valence electrons. The lowest BCUT2D eigenvalue weighted by molar-refractivity contribution is -0.116. The first kappa shape index (κ1) is 27.2. The number of hydrogen-bond acceptors (Lipinski definition) is 10. The third-order valence-corrected chi connectivity index (χ3v) is 5.13. The van der Waals surface area contributed by atoms with E-state index in [0.717, 1.165) is 5.01 Å². The Labute approximate surface area is 207 Å². The van der Waals surface area contributed by atoms with Gasteiger partial charge in [-0.2, -0.15) is 0 Å². The van der Waals surface area contributed by atoms with Crippen LogP contribution in [-0.2, 0) is 13.7 Å². The normalized spacial score (nSPS) is 12.4. The van der Waals surface area contributed by atoms with E-state index < -0.39 is 12.2 Å². The number of anilines is 1. The van der Waals surface area contributed by atoms with E-state index in [4.69, 9.17) is 32.1 Å². The van der Waals surface area contributed by atoms with E-state index in [-0.39, 0.29) is 22.6 Å². The average molecular weight is 510 g/mol. The first-order valence-electron chi connectivity index (χ1n) is 10.2. The number of nitrogens with two attached hydrogens (primary N) is 2. The lowest BCUT2D eigenvalue weighted by Crippen LogP contribution is -2.39. The number of ether oxygens (including phenoxy) is 1. The van der Waals surface area contributed by atoms with E-state index in [9.17, 15) is 9.59 Å². The standard InChI is InChI=1S/C21H28ClN7O4S/c1-13(15-6-4-10-25-19(15)22)33-21(31)28-20(29(2)24)18(23)16-9-8-14(12-26-16)27-17(30)7-5-11-32-34-3/h4,6,8-10,12-13H,5,7,11,23-24H2,1-3H3,(H,27,30)(H,28,31)/b20-18-. The number of aromatic nitrogens is 2. The van der Waals surface area contributed by atoms with Crippen LogP contribution in [0.15, 0.2) is 42.5 Å². The monoisotopic (exact) mass is 509 g/mol. The van der Waals surface area contributed by atoms with Crippen LogP contribution in [0.3, 0.4) is 0 Å². The number of nitrogens with zero attached hydrogens (tertiary/aromatic N) is 3. The van der Waals surface area contributed by atoms with E-state index in [2.05, 4.69) is 20.6 Å². The van der Waals surface area contributed by atoms with Crippen molar-refractivity contribution in [2.24, 2.45) is 11.6 Å². The minimum absolute atomic E-state index is 0.0764. The molecule has 2 heterocycles. The number of alkyl carbamates (subject to hydrolysis) is 1. The molecule has 0 spiro atoms. The summed E-state index contributed by atoms with van der Waals surface area (Å²) in [6.45, 7) is 2.15. The zero-order valence-electron chi connectivity index (χ0n) is 19.1. The maximum absolute atomic E-state index is 12.4. The predicted molar refractivity (Wildman–Crippen MR) is 132 cm³/mol. The van der Waals surface area contributed by atoms with Crippen molar-refractivity contribution in [3.8, 4) is 0 Å². The van der Waals surface area contributed by atoms with Crippen molar-refractivity contribution in [1.29, 1.82) is 0 Å². The first-order valence-corrected chi connectivity index (χ1v) is 11.7. The topological polar surface area (TPSA) is 158 Å². The van der Waals surface area contributed by atoms with Gasteiger partial charge in [-0.25, -0.2) is 15.6 Å². The molecule has 0 radical (unpaired) electrons. The van der Waals surface area contributed by atoms with Crippen molar-refractivity contribution in [1.82, 2.24) is 20.3 Å². The molecule has 0 fully saturated rings. The van der Waals surface area contributed by atoms with Crippen LogP contribution >= 0.6 is 23.6 Å². The highest BCUT2D eigenvalue weighted by Crippen LogP contribution is 2.23. The molecule has 1 atom stereocenters. The third kappa shape index (κ3) is 8.37. The van der Waals surface area contributed by atoms with Crippen LogP contribution in [-0.4, -0.2) is 46.9 Å². The average Bonchev–Trinajstić information content (AvgIpc) is 2.80. The highest BCUT2D eigenvalue weighted by Gasteiger charge is 2.19. The molecule has 0 aliphatic heterocycles. The number of hydrogen-bond donors (Lipinski definition) is 4. The maximum atomic E-state index is 12.4. The van der Waals surface area contributed by atoms with Crippen molar-refractivity contribution in [2.75, 3.05) is 25.2 Å². The molecule has 0 saturated carbocycles. The number of carbonyl (C=O) groups is 2. The SMILES string of the molecule is CSOCCCC(=O)Nc1ccc(/C(N)=C(\NC(=O)OC(C)c2cccnc2Cl)N(C)N)nc1. The van der Waals surface area contributed by atoms with Crippen LogP contribution in [0.1, 0.15) is 37.1 Å². The molecule has 1 unspecified atom stereocenters. The van der Waals surface area contributed by atoms with Crippen LogP contribution in [0.4, 0.5) is 10.5 Å². The van der Waals surface area contributed by atoms with E-state index in [1.807, 2.05) is 6.26 Å². The minimum Gasteiger partial charge on any atom is -0.441 e. The van der Waals surface area contributed by atoms with Gasteiger partial charge < -0.3 is 20.0 Å². The Balaban J connectivity index is 2.04. The Bertz CT molecular complexity index is 1000. The Morgan fingerprint density at radius 3 is 2.68 bits per heavy atom. The van der Waals surface area contributed by atoms with E-state index >= 15 is 0 Å². The van der Waals surface area contributed by atoms with E-state index in [0.29, 0.717) is 36.4 Å². The maximum Gasteiger partial charge on any atom is 0.413 e. The lowest BCUT2D eigenvalue weighted by atomic mass is 10.2. The van der Waals surface area contributed by atoms with Crippen molar-refractivity contribution in [3.05, 3.63) is 58.9 Å². The highest BCUT2D eigenvalue weighted by atomic mass is 35.5. The predicted octanol–water partition coefficient (Wildman–Crippen LogP) is 3.02. The first-order chi connectivity index (χ1) is 16.2. The molecule has 2 aromatic heterocycles. The molecule has 6 N–H and O–H groups in total. The molecule has 0 aliphatic carbocycles. The Morgan fingerprint density at radius 2 is 2.06 bits per heavy atom. The summed E-state index contributed by atoms with van der Waals surface area (Å²) < 4.78 is 10.5. The number of halogens is 1. The summed E-state index contributed by atoms with van der Waals surface area (Å²) in [5.41, 5.74) is 7.68. The molecule has 0 bridgehead atoms. The molecule has 0 aromatic carbocycles. The van der Waals surface area contributed by atoms with Gasteiger partial charge in [0.1, 0.15) is 17.0 Å². The zero-order chi connectivity index (χ0) is 25.1. The summed E-state index contributed by atoms with van der Waals surface area (Å²) >= 11 is 7.31. The van der Waals surface area contributed by atoms with E-state index in [1.165, 1.54) is 31.5 Å². The summed E-state index contributed by atoms with van der Waals surface area (Å²) in [4.78, 5) is 32.7. The minimum atomic E-state index is -0.794. The van der Waals surface area contributed by atoms with Gasteiger partial charge in [0.15, 0.2) is 5.82 Å². The highest BCUT2D eigenvalue weighted by molar-refractivity contribution is 7.93. The van der Waals surface area contributed by atoms with Crippen LogP contribution in [0, 0.1) is 0 Å². The van der Waals surface area contributed by atoms with Gasteiger partial charge in [-0.1, -0.05) is 17.7 Å². The molecule has 2 aromatic rings. The number of amides is 2. The second-order valence-electron chi connectivity index (χ2n) is 7.00. The summed E-state index contributed by atoms with van der Waals surface area (Å²) in [5, 5.41) is 6.64. The molecule has 34 heavy (non-hydrogen) atoms. The summed E-state index contributed by atoms with van der Waals surface area (Å²) in [7, 11) is 1.50. The molecular weight excluding hydrogens is 482 g/mol. The summed E-state index contributed by atoms with van der Waals surface area (Å²) in [6.07, 6.45) is 4.27. The van der Waals surface area contributed by atoms with Crippen molar-refractivity contribution >= 4 is 47.0 Å². The quantitative estimate of drug-likeness (QED) is 0.117. The molecule has 2 amide bonds.